The second-order valence-corrected chi connectivity index (χ2v) is 10.3. The lowest BCUT2D eigenvalue weighted by Crippen LogP contribution is -2.52. The molecule has 10 heteroatoms. The Kier molecular flexibility index (Phi) is 5.79. The van der Waals surface area contributed by atoms with Crippen LogP contribution in [0.4, 0.5) is 10.5 Å². The second kappa shape index (κ2) is 8.41. The first kappa shape index (κ1) is 22.0. The van der Waals surface area contributed by atoms with Crippen molar-refractivity contribution in [1.29, 1.82) is 0 Å². The first-order chi connectivity index (χ1) is 15.2. The summed E-state index contributed by atoms with van der Waals surface area (Å²) in [6.45, 7) is 2.51. The highest BCUT2D eigenvalue weighted by Gasteiger charge is 2.46. The van der Waals surface area contributed by atoms with Gasteiger partial charge in [-0.05, 0) is 43.9 Å². The molecule has 1 atom stereocenters. The van der Waals surface area contributed by atoms with Crippen LogP contribution >= 0.6 is 0 Å². The van der Waals surface area contributed by atoms with Gasteiger partial charge in [0.25, 0.3) is 5.91 Å². The fourth-order valence-electron chi connectivity index (χ4n) is 4.18. The van der Waals surface area contributed by atoms with Crippen LogP contribution in [0.5, 0.6) is 0 Å². The van der Waals surface area contributed by atoms with E-state index >= 15 is 0 Å². The van der Waals surface area contributed by atoms with Crippen LogP contribution in [0.3, 0.4) is 0 Å². The molecule has 4 rings (SSSR count). The number of carbonyl (C=O) groups is 3. The average molecular weight is 457 g/mol. The van der Waals surface area contributed by atoms with Gasteiger partial charge in [-0.2, -0.15) is 4.31 Å². The maximum absolute atomic E-state index is 12.8. The number of rotatable bonds is 4. The van der Waals surface area contributed by atoms with E-state index in [0.717, 1.165) is 41.6 Å². The molecule has 1 aromatic rings. The molecule has 1 fully saturated rings. The Morgan fingerprint density at radius 3 is 2.66 bits per heavy atom. The van der Waals surface area contributed by atoms with Crippen molar-refractivity contribution in [2.24, 2.45) is 0 Å². The van der Waals surface area contributed by atoms with Gasteiger partial charge < -0.3 is 10.2 Å². The van der Waals surface area contributed by atoms with E-state index in [1.807, 2.05) is 18.2 Å². The number of sulfonamides is 1. The van der Waals surface area contributed by atoms with Crippen molar-refractivity contribution in [3.63, 3.8) is 0 Å². The Balaban J connectivity index is 1.47. The maximum atomic E-state index is 12.8. The lowest BCUT2D eigenvalue weighted by Gasteiger charge is -2.28. The van der Waals surface area contributed by atoms with Gasteiger partial charge in [-0.1, -0.05) is 24.0 Å². The quantitative estimate of drug-likeness (QED) is 0.389. The number of nitrogens with zero attached hydrogens (tertiary/aromatic N) is 2. The predicted molar refractivity (Wildman–Crippen MR) is 118 cm³/mol. The Hall–Kier alpha value is -3.16. The Morgan fingerprint density at radius 2 is 2.00 bits per heavy atom. The minimum atomic E-state index is -3.77. The molecule has 1 aromatic carbocycles. The molecule has 0 aliphatic carbocycles. The molecule has 0 bridgehead atoms. The zero-order valence-corrected chi connectivity index (χ0v) is 18.5. The van der Waals surface area contributed by atoms with E-state index in [0.29, 0.717) is 13.0 Å². The summed E-state index contributed by atoms with van der Waals surface area (Å²) in [6, 6.07) is 5.04. The molecule has 168 valence electrons. The van der Waals surface area contributed by atoms with Gasteiger partial charge >= 0.3 is 6.03 Å². The lowest BCUT2D eigenvalue weighted by atomic mass is 9.96. The van der Waals surface area contributed by atoms with Crippen molar-refractivity contribution >= 4 is 34.1 Å². The molecule has 32 heavy (non-hydrogen) atoms. The summed E-state index contributed by atoms with van der Waals surface area (Å²) in [5.74, 6) is 5.18. The van der Waals surface area contributed by atoms with Gasteiger partial charge in [0.2, 0.25) is 16.4 Å². The van der Waals surface area contributed by atoms with Crippen LogP contribution in [0, 0.1) is 11.8 Å². The van der Waals surface area contributed by atoms with Crippen LogP contribution < -0.4 is 15.5 Å². The number of hydrogen-bond donors (Lipinski definition) is 2. The summed E-state index contributed by atoms with van der Waals surface area (Å²) in [7, 11) is -3.77. The number of fused-ring (bicyclic) bond motifs is 1. The van der Waals surface area contributed by atoms with Gasteiger partial charge in [0, 0.05) is 36.5 Å². The lowest BCUT2D eigenvalue weighted by molar-refractivity contribution is -0.122. The summed E-state index contributed by atoms with van der Waals surface area (Å²) in [4.78, 5) is 36.3. The SMILES string of the molecule is C[C@]1(CS(=O)(=O)N2CC=C(C#Cc3cccc4c3CCCN4C=O)CC2)NC(=O)NC1=O. The molecule has 0 radical (unpaired) electrons. The van der Waals surface area contributed by atoms with Gasteiger partial charge in [-0.15, -0.1) is 0 Å². The van der Waals surface area contributed by atoms with Crippen molar-refractivity contribution in [1.82, 2.24) is 14.9 Å². The van der Waals surface area contributed by atoms with E-state index in [4.69, 9.17) is 0 Å². The van der Waals surface area contributed by atoms with Crippen molar-refractivity contribution < 1.29 is 22.8 Å². The second-order valence-electron chi connectivity index (χ2n) is 8.29. The summed E-state index contributed by atoms with van der Waals surface area (Å²) >= 11 is 0. The van der Waals surface area contributed by atoms with Crippen LogP contribution in [0.2, 0.25) is 0 Å². The topological polar surface area (TPSA) is 116 Å². The molecule has 0 unspecified atom stereocenters. The van der Waals surface area contributed by atoms with E-state index in [1.165, 1.54) is 11.2 Å². The summed E-state index contributed by atoms with van der Waals surface area (Å²) in [5.41, 5.74) is 2.19. The van der Waals surface area contributed by atoms with Crippen molar-refractivity contribution in [3.05, 3.63) is 41.0 Å². The number of carbonyl (C=O) groups excluding carboxylic acids is 3. The molecular formula is C22H24N4O5S. The van der Waals surface area contributed by atoms with Crippen LogP contribution in [-0.4, -0.2) is 62.0 Å². The average Bonchev–Trinajstić information content (AvgIpc) is 3.02. The largest absolute Gasteiger partial charge is 0.322 e. The number of urea groups is 1. The van der Waals surface area contributed by atoms with Gasteiger partial charge in [0.1, 0.15) is 5.54 Å². The maximum Gasteiger partial charge on any atom is 0.322 e. The third-order valence-electron chi connectivity index (χ3n) is 5.93. The smallest absolute Gasteiger partial charge is 0.322 e. The van der Waals surface area contributed by atoms with Gasteiger partial charge in [-0.3, -0.25) is 14.9 Å². The van der Waals surface area contributed by atoms with Crippen LogP contribution in [0.25, 0.3) is 0 Å². The first-order valence-corrected chi connectivity index (χ1v) is 12.0. The third-order valence-corrected chi connectivity index (χ3v) is 7.99. The molecule has 3 aliphatic heterocycles. The van der Waals surface area contributed by atoms with E-state index in [-0.39, 0.29) is 13.1 Å². The van der Waals surface area contributed by atoms with E-state index < -0.39 is 33.3 Å². The minimum Gasteiger partial charge on any atom is -0.322 e. The van der Waals surface area contributed by atoms with E-state index in [9.17, 15) is 22.8 Å². The number of anilines is 1. The highest BCUT2D eigenvalue weighted by atomic mass is 32.2. The third kappa shape index (κ3) is 4.26. The molecule has 0 aromatic heterocycles. The minimum absolute atomic E-state index is 0.157. The van der Waals surface area contributed by atoms with Crippen LogP contribution in [-0.2, 0) is 26.0 Å². The molecule has 3 heterocycles. The van der Waals surface area contributed by atoms with E-state index in [2.05, 4.69) is 22.5 Å². The fraction of sp³-hybridized carbons (Fsp3) is 0.409. The molecular weight excluding hydrogens is 432 g/mol. The molecule has 4 amide bonds. The monoisotopic (exact) mass is 456 g/mol. The zero-order chi connectivity index (χ0) is 22.9. The number of nitrogens with one attached hydrogen (secondary N) is 2. The van der Waals surface area contributed by atoms with Gasteiger partial charge in [0.15, 0.2) is 0 Å². The van der Waals surface area contributed by atoms with Crippen molar-refractivity contribution in [3.8, 4) is 11.8 Å². The highest BCUT2D eigenvalue weighted by Crippen LogP contribution is 2.28. The number of benzene rings is 1. The van der Waals surface area contributed by atoms with Crippen molar-refractivity contribution in [2.45, 2.75) is 31.7 Å². The van der Waals surface area contributed by atoms with Gasteiger partial charge in [-0.25, -0.2) is 13.2 Å². The summed E-state index contributed by atoms with van der Waals surface area (Å²) in [5, 5.41) is 4.46. The normalized spacial score (nSPS) is 23.4. The number of amides is 4. The first-order valence-electron chi connectivity index (χ1n) is 10.4. The van der Waals surface area contributed by atoms with Crippen LogP contribution in [0.1, 0.15) is 30.9 Å². The van der Waals surface area contributed by atoms with Crippen molar-refractivity contribution in [2.75, 3.05) is 30.3 Å². The summed E-state index contributed by atoms with van der Waals surface area (Å²) in [6.07, 6.45) is 4.82. The standard InChI is InChI=1S/C22H24N4O5S/c1-22(20(28)23-21(29)24-22)14-32(30,31)26-12-9-16(10-13-26)7-8-17-4-2-6-19-18(17)5-3-11-25(19)15-27/h2,4,6,9,15H,3,5,10-14H2,1H3,(H2,23,24,28,29)/t22-/m1/s1. The Labute approximate surface area is 186 Å². The van der Waals surface area contributed by atoms with Gasteiger partial charge in [0.05, 0.1) is 5.75 Å². The molecule has 2 N–H and O–H groups in total. The number of hydrogen-bond acceptors (Lipinski definition) is 5. The molecule has 3 aliphatic rings. The highest BCUT2D eigenvalue weighted by molar-refractivity contribution is 7.89. The molecule has 1 saturated heterocycles. The predicted octanol–water partition coefficient (Wildman–Crippen LogP) is 0.507. The van der Waals surface area contributed by atoms with E-state index in [1.54, 1.807) is 11.0 Å². The molecule has 0 spiro atoms. The number of imide groups is 1. The zero-order valence-electron chi connectivity index (χ0n) is 17.7. The summed E-state index contributed by atoms with van der Waals surface area (Å²) < 4.78 is 26.9. The molecule has 9 nitrogen and oxygen atoms in total. The fourth-order valence-corrected chi connectivity index (χ4v) is 5.97. The Morgan fingerprint density at radius 1 is 1.19 bits per heavy atom. The van der Waals surface area contributed by atoms with Crippen LogP contribution in [0.15, 0.2) is 29.8 Å². The molecule has 0 saturated carbocycles. The Bertz CT molecular complexity index is 1180.